The van der Waals surface area contributed by atoms with E-state index in [-0.39, 0.29) is 0 Å². The van der Waals surface area contributed by atoms with Crippen molar-refractivity contribution in [1.82, 2.24) is 5.32 Å². The van der Waals surface area contributed by atoms with E-state index in [2.05, 4.69) is 50.5 Å². The predicted octanol–water partition coefficient (Wildman–Crippen LogP) is 3.32. The maximum absolute atomic E-state index is 3.55. The third kappa shape index (κ3) is 3.88. The van der Waals surface area contributed by atoms with Crippen molar-refractivity contribution in [2.75, 3.05) is 18.6 Å². The summed E-state index contributed by atoms with van der Waals surface area (Å²) in [6.07, 6.45) is 2.14. The molecule has 0 saturated heterocycles. The standard InChI is InChI=1S/C13H21NS/c1-10-5-6-11(2)13(9-10)12(3)14-7-8-15-4/h5-6,9,12,14H,7-8H2,1-4H3. The molecule has 0 aliphatic heterocycles. The quantitative estimate of drug-likeness (QED) is 0.769. The van der Waals surface area contributed by atoms with Crippen molar-refractivity contribution in [2.45, 2.75) is 26.8 Å². The number of benzene rings is 1. The Kier molecular flexibility index (Phi) is 5.20. The number of aryl methyl sites for hydroxylation is 2. The van der Waals surface area contributed by atoms with Gasteiger partial charge in [-0.05, 0) is 38.2 Å². The molecule has 0 aliphatic rings. The fraction of sp³-hybridized carbons (Fsp3) is 0.538. The zero-order valence-corrected chi connectivity index (χ0v) is 10.9. The third-order valence-corrected chi connectivity index (χ3v) is 3.27. The number of thioether (sulfide) groups is 1. The van der Waals surface area contributed by atoms with E-state index in [9.17, 15) is 0 Å². The second-order valence-electron chi connectivity index (χ2n) is 4.03. The molecule has 1 atom stereocenters. The van der Waals surface area contributed by atoms with Gasteiger partial charge in [-0.3, -0.25) is 0 Å². The first-order valence-corrected chi connectivity index (χ1v) is 6.84. The maximum atomic E-state index is 3.55. The minimum Gasteiger partial charge on any atom is -0.309 e. The average Bonchev–Trinajstić information content (AvgIpc) is 2.22. The Labute approximate surface area is 97.7 Å². The summed E-state index contributed by atoms with van der Waals surface area (Å²) in [6.45, 7) is 7.65. The Morgan fingerprint density at radius 2 is 2.07 bits per heavy atom. The van der Waals surface area contributed by atoms with Crippen LogP contribution >= 0.6 is 11.8 Å². The highest BCUT2D eigenvalue weighted by Crippen LogP contribution is 2.18. The maximum Gasteiger partial charge on any atom is 0.0294 e. The van der Waals surface area contributed by atoms with E-state index in [1.54, 1.807) is 0 Å². The van der Waals surface area contributed by atoms with Crippen LogP contribution in [0.15, 0.2) is 18.2 Å². The topological polar surface area (TPSA) is 12.0 Å². The van der Waals surface area contributed by atoms with Crippen molar-refractivity contribution < 1.29 is 0 Å². The normalized spacial score (nSPS) is 12.8. The molecule has 1 N–H and O–H groups in total. The van der Waals surface area contributed by atoms with Gasteiger partial charge in [-0.25, -0.2) is 0 Å². The highest BCUT2D eigenvalue weighted by molar-refractivity contribution is 7.98. The van der Waals surface area contributed by atoms with Gasteiger partial charge < -0.3 is 5.32 Å². The lowest BCUT2D eigenvalue weighted by atomic mass is 10.00. The van der Waals surface area contributed by atoms with E-state index in [1.165, 1.54) is 22.4 Å². The number of rotatable bonds is 5. The van der Waals surface area contributed by atoms with Crippen LogP contribution in [0.5, 0.6) is 0 Å². The molecule has 0 heterocycles. The van der Waals surface area contributed by atoms with Crippen LogP contribution in [0.25, 0.3) is 0 Å². The molecule has 0 spiro atoms. The SMILES string of the molecule is CSCCNC(C)c1cc(C)ccc1C. The molecule has 0 aliphatic carbocycles. The predicted molar refractivity (Wildman–Crippen MR) is 70.7 cm³/mol. The molecule has 1 nitrogen and oxygen atoms in total. The van der Waals surface area contributed by atoms with Gasteiger partial charge in [0, 0.05) is 18.3 Å². The Morgan fingerprint density at radius 1 is 1.33 bits per heavy atom. The fourth-order valence-electron chi connectivity index (χ4n) is 1.71. The largest absolute Gasteiger partial charge is 0.309 e. The van der Waals surface area contributed by atoms with Crippen molar-refractivity contribution in [3.8, 4) is 0 Å². The van der Waals surface area contributed by atoms with Crippen molar-refractivity contribution >= 4 is 11.8 Å². The smallest absolute Gasteiger partial charge is 0.0294 e. The lowest BCUT2D eigenvalue weighted by Crippen LogP contribution is -2.22. The van der Waals surface area contributed by atoms with Crippen LogP contribution in [-0.2, 0) is 0 Å². The molecule has 1 unspecified atom stereocenters. The fourth-order valence-corrected chi connectivity index (χ4v) is 2.04. The summed E-state index contributed by atoms with van der Waals surface area (Å²) < 4.78 is 0. The van der Waals surface area contributed by atoms with E-state index in [0.717, 1.165) is 6.54 Å². The van der Waals surface area contributed by atoms with Crippen LogP contribution in [0, 0.1) is 13.8 Å². The molecule has 1 aromatic rings. The van der Waals surface area contributed by atoms with E-state index in [0.29, 0.717) is 6.04 Å². The molecule has 1 rings (SSSR count). The lowest BCUT2D eigenvalue weighted by molar-refractivity contribution is 0.598. The van der Waals surface area contributed by atoms with Crippen molar-refractivity contribution in [3.63, 3.8) is 0 Å². The van der Waals surface area contributed by atoms with Gasteiger partial charge >= 0.3 is 0 Å². The summed E-state index contributed by atoms with van der Waals surface area (Å²) in [5, 5.41) is 3.55. The molecule has 84 valence electrons. The molecule has 2 heteroatoms. The van der Waals surface area contributed by atoms with Crippen LogP contribution in [0.3, 0.4) is 0 Å². The molecule has 0 bridgehead atoms. The van der Waals surface area contributed by atoms with Crippen molar-refractivity contribution in [1.29, 1.82) is 0 Å². The second-order valence-corrected chi connectivity index (χ2v) is 5.01. The first-order valence-electron chi connectivity index (χ1n) is 5.44. The van der Waals surface area contributed by atoms with Gasteiger partial charge in [-0.2, -0.15) is 11.8 Å². The van der Waals surface area contributed by atoms with Gasteiger partial charge in [0.15, 0.2) is 0 Å². The van der Waals surface area contributed by atoms with Gasteiger partial charge in [0.25, 0.3) is 0 Å². The average molecular weight is 223 g/mol. The number of hydrogen-bond donors (Lipinski definition) is 1. The molecule has 0 saturated carbocycles. The second kappa shape index (κ2) is 6.19. The van der Waals surface area contributed by atoms with E-state index in [4.69, 9.17) is 0 Å². The minimum absolute atomic E-state index is 0.456. The summed E-state index contributed by atoms with van der Waals surface area (Å²) in [6, 6.07) is 7.12. The van der Waals surface area contributed by atoms with Crippen LogP contribution in [0.4, 0.5) is 0 Å². The third-order valence-electron chi connectivity index (χ3n) is 2.66. The zero-order chi connectivity index (χ0) is 11.3. The van der Waals surface area contributed by atoms with Gasteiger partial charge in [0.05, 0.1) is 0 Å². The molecule has 0 amide bonds. The van der Waals surface area contributed by atoms with Crippen LogP contribution < -0.4 is 5.32 Å². The van der Waals surface area contributed by atoms with E-state index in [1.807, 2.05) is 11.8 Å². The number of nitrogens with one attached hydrogen (secondary N) is 1. The molecular weight excluding hydrogens is 202 g/mol. The highest BCUT2D eigenvalue weighted by Gasteiger charge is 2.07. The Bertz CT molecular complexity index is 309. The van der Waals surface area contributed by atoms with Gasteiger partial charge in [0.2, 0.25) is 0 Å². The van der Waals surface area contributed by atoms with Crippen LogP contribution in [0.1, 0.15) is 29.7 Å². The zero-order valence-electron chi connectivity index (χ0n) is 10.1. The molecule has 0 aromatic heterocycles. The molecular formula is C13H21NS. The Hall–Kier alpha value is -0.470. The molecule has 15 heavy (non-hydrogen) atoms. The summed E-state index contributed by atoms with van der Waals surface area (Å²) in [5.74, 6) is 1.18. The van der Waals surface area contributed by atoms with Gasteiger partial charge in [-0.1, -0.05) is 23.8 Å². The molecule has 1 aromatic carbocycles. The summed E-state index contributed by atoms with van der Waals surface area (Å²) in [4.78, 5) is 0. The van der Waals surface area contributed by atoms with Crippen LogP contribution in [0.2, 0.25) is 0 Å². The molecule has 0 radical (unpaired) electrons. The molecule has 0 fully saturated rings. The minimum atomic E-state index is 0.456. The first kappa shape index (κ1) is 12.6. The van der Waals surface area contributed by atoms with E-state index < -0.39 is 0 Å². The summed E-state index contributed by atoms with van der Waals surface area (Å²) in [5.41, 5.74) is 4.15. The van der Waals surface area contributed by atoms with E-state index >= 15 is 0 Å². The van der Waals surface area contributed by atoms with Crippen molar-refractivity contribution in [2.24, 2.45) is 0 Å². The first-order chi connectivity index (χ1) is 7.15. The van der Waals surface area contributed by atoms with Crippen LogP contribution in [-0.4, -0.2) is 18.6 Å². The Balaban J connectivity index is 2.64. The highest BCUT2D eigenvalue weighted by atomic mass is 32.2. The monoisotopic (exact) mass is 223 g/mol. The Morgan fingerprint density at radius 3 is 2.73 bits per heavy atom. The number of hydrogen-bond acceptors (Lipinski definition) is 2. The van der Waals surface area contributed by atoms with Gasteiger partial charge in [-0.15, -0.1) is 0 Å². The lowest BCUT2D eigenvalue weighted by Gasteiger charge is -2.17. The van der Waals surface area contributed by atoms with Crippen molar-refractivity contribution in [3.05, 3.63) is 34.9 Å². The summed E-state index contributed by atoms with van der Waals surface area (Å²) in [7, 11) is 0. The van der Waals surface area contributed by atoms with Gasteiger partial charge in [0.1, 0.15) is 0 Å². The summed E-state index contributed by atoms with van der Waals surface area (Å²) >= 11 is 1.88.